The first-order valence-corrected chi connectivity index (χ1v) is 12.4. The molecule has 0 aromatic heterocycles. The molecule has 2 atom stereocenters. The molecule has 2 aliphatic rings. The lowest BCUT2D eigenvalue weighted by Crippen LogP contribution is -2.85. The van der Waals surface area contributed by atoms with Crippen LogP contribution >= 0.6 is 0 Å². The maximum atomic E-state index is 12.6. The quantitative estimate of drug-likeness (QED) is 0.701. The van der Waals surface area contributed by atoms with E-state index in [4.69, 9.17) is 0 Å². The second-order valence-electron chi connectivity index (χ2n) is 8.39. The van der Waals surface area contributed by atoms with Crippen molar-refractivity contribution in [1.29, 1.82) is 0 Å². The third kappa shape index (κ3) is 3.82. The van der Waals surface area contributed by atoms with Gasteiger partial charge in [0.1, 0.15) is 0 Å². The SMILES string of the molecule is CCC(=O)N1[C@H](CO)[C@@H](c2ccc(/C=C/c3ccccc3)cc2)C12CN(S(C)(=O)=O)C2. The lowest BCUT2D eigenvalue weighted by atomic mass is 9.61. The van der Waals surface area contributed by atoms with Crippen LogP contribution in [0.15, 0.2) is 54.6 Å². The summed E-state index contributed by atoms with van der Waals surface area (Å²) in [5.74, 6) is -0.149. The van der Waals surface area contributed by atoms with E-state index in [0.29, 0.717) is 6.42 Å². The Hall–Kier alpha value is -2.48. The molecule has 2 aromatic carbocycles. The average molecular weight is 441 g/mol. The van der Waals surface area contributed by atoms with E-state index in [-0.39, 0.29) is 37.6 Å². The van der Waals surface area contributed by atoms with Gasteiger partial charge in [-0.2, -0.15) is 4.31 Å². The molecular formula is C24H28N2O4S. The summed E-state index contributed by atoms with van der Waals surface area (Å²) in [6.45, 7) is 2.19. The molecule has 0 saturated carbocycles. The van der Waals surface area contributed by atoms with E-state index in [1.165, 1.54) is 10.6 Å². The first-order valence-electron chi connectivity index (χ1n) is 10.5. The summed E-state index contributed by atoms with van der Waals surface area (Å²) in [5, 5.41) is 10.0. The van der Waals surface area contributed by atoms with Crippen LogP contribution in [-0.2, 0) is 14.8 Å². The maximum Gasteiger partial charge on any atom is 0.223 e. The number of aliphatic hydroxyl groups excluding tert-OH is 1. The predicted octanol–water partition coefficient (Wildman–Crippen LogP) is 2.57. The standard InChI is InChI=1S/C24H28N2O4S/c1-3-22(28)26-21(15-27)23(24(26)16-25(17-24)31(2,29)30)20-13-11-19(12-14-20)10-9-18-7-5-4-6-8-18/h4-14,21,23,27H,3,15-17H2,1-2H3/b10-9+/t21-,23-/m1/s1. The van der Waals surface area contributed by atoms with Crippen molar-refractivity contribution in [2.75, 3.05) is 26.0 Å². The lowest BCUT2D eigenvalue weighted by Gasteiger charge is -2.70. The number of carbonyl (C=O) groups excluding carboxylic acids is 1. The number of hydrogen-bond acceptors (Lipinski definition) is 4. The Bertz CT molecular complexity index is 1070. The van der Waals surface area contributed by atoms with Crippen LogP contribution in [0.1, 0.15) is 36.0 Å². The number of amides is 1. The molecule has 2 heterocycles. The van der Waals surface area contributed by atoms with Gasteiger partial charge in [0.05, 0.1) is 24.4 Å². The largest absolute Gasteiger partial charge is 0.394 e. The number of hydrogen-bond donors (Lipinski definition) is 1. The van der Waals surface area contributed by atoms with Gasteiger partial charge in [0.25, 0.3) is 0 Å². The molecule has 0 radical (unpaired) electrons. The average Bonchev–Trinajstić information content (AvgIpc) is 2.71. The molecule has 4 rings (SSSR count). The van der Waals surface area contributed by atoms with E-state index >= 15 is 0 Å². The third-order valence-corrected chi connectivity index (χ3v) is 7.66. The van der Waals surface area contributed by atoms with Crippen LogP contribution in [-0.4, -0.2) is 66.2 Å². The second-order valence-corrected chi connectivity index (χ2v) is 10.4. The van der Waals surface area contributed by atoms with E-state index in [9.17, 15) is 18.3 Å². The number of sulfonamides is 1. The minimum absolute atomic E-state index is 0.0501. The highest BCUT2D eigenvalue weighted by Gasteiger charge is 2.68. The maximum absolute atomic E-state index is 12.6. The molecule has 0 bridgehead atoms. The van der Waals surface area contributed by atoms with Crippen molar-refractivity contribution < 1.29 is 18.3 Å². The highest BCUT2D eigenvalue weighted by Crippen LogP contribution is 2.54. The summed E-state index contributed by atoms with van der Waals surface area (Å²) in [5.41, 5.74) is 2.61. The Labute approximate surface area is 183 Å². The topological polar surface area (TPSA) is 77.9 Å². The minimum Gasteiger partial charge on any atom is -0.394 e. The van der Waals surface area contributed by atoms with Crippen molar-refractivity contribution in [3.8, 4) is 0 Å². The highest BCUT2D eigenvalue weighted by atomic mass is 32.2. The Morgan fingerprint density at radius 2 is 1.65 bits per heavy atom. The van der Waals surface area contributed by atoms with Crippen LogP contribution in [0.25, 0.3) is 12.2 Å². The van der Waals surface area contributed by atoms with Gasteiger partial charge in [-0.25, -0.2) is 8.42 Å². The van der Waals surface area contributed by atoms with Crippen molar-refractivity contribution in [2.24, 2.45) is 0 Å². The number of aliphatic hydroxyl groups is 1. The van der Waals surface area contributed by atoms with Crippen LogP contribution in [0.2, 0.25) is 0 Å². The van der Waals surface area contributed by atoms with E-state index in [2.05, 4.69) is 0 Å². The molecule has 2 aromatic rings. The van der Waals surface area contributed by atoms with E-state index in [0.717, 1.165) is 16.7 Å². The first-order chi connectivity index (χ1) is 14.8. The lowest BCUT2D eigenvalue weighted by molar-refractivity contribution is -0.188. The van der Waals surface area contributed by atoms with Crippen LogP contribution in [0.3, 0.4) is 0 Å². The van der Waals surface area contributed by atoms with E-state index in [1.54, 1.807) is 11.8 Å². The number of likely N-dealkylation sites (tertiary alicyclic amines) is 1. The van der Waals surface area contributed by atoms with E-state index in [1.807, 2.05) is 66.7 Å². The summed E-state index contributed by atoms with van der Waals surface area (Å²) in [6.07, 6.45) is 5.61. The zero-order chi connectivity index (χ0) is 22.2. The van der Waals surface area contributed by atoms with Crippen molar-refractivity contribution in [1.82, 2.24) is 9.21 Å². The molecule has 31 heavy (non-hydrogen) atoms. The first kappa shape index (κ1) is 21.7. The number of rotatable bonds is 6. The summed E-state index contributed by atoms with van der Waals surface area (Å²) < 4.78 is 25.4. The molecule has 1 amide bonds. The molecule has 164 valence electrons. The number of nitrogens with zero attached hydrogens (tertiary/aromatic N) is 2. The Kier molecular flexibility index (Phi) is 5.77. The molecule has 1 N–H and O–H groups in total. The van der Waals surface area contributed by atoms with Crippen molar-refractivity contribution in [3.63, 3.8) is 0 Å². The highest BCUT2D eigenvalue weighted by molar-refractivity contribution is 7.88. The molecule has 1 spiro atoms. The van der Waals surface area contributed by atoms with Crippen molar-refractivity contribution in [2.45, 2.75) is 30.8 Å². The summed E-state index contributed by atoms with van der Waals surface area (Å²) >= 11 is 0. The van der Waals surface area contributed by atoms with Gasteiger partial charge < -0.3 is 10.0 Å². The smallest absolute Gasteiger partial charge is 0.223 e. The molecule has 7 heteroatoms. The zero-order valence-corrected chi connectivity index (χ0v) is 18.6. The van der Waals surface area contributed by atoms with Gasteiger partial charge in [-0.1, -0.05) is 73.7 Å². The van der Waals surface area contributed by atoms with Crippen LogP contribution in [0.5, 0.6) is 0 Å². The van der Waals surface area contributed by atoms with Gasteiger partial charge in [0.15, 0.2) is 0 Å². The molecule has 0 unspecified atom stereocenters. The zero-order valence-electron chi connectivity index (χ0n) is 17.8. The third-order valence-electron chi connectivity index (χ3n) is 6.47. The van der Waals surface area contributed by atoms with Gasteiger partial charge in [-0.15, -0.1) is 0 Å². The molecule has 6 nitrogen and oxygen atoms in total. The van der Waals surface area contributed by atoms with Crippen LogP contribution in [0, 0.1) is 0 Å². The van der Waals surface area contributed by atoms with Gasteiger partial charge >= 0.3 is 0 Å². The predicted molar refractivity (Wildman–Crippen MR) is 122 cm³/mol. The fourth-order valence-corrected chi connectivity index (χ4v) is 5.86. The Morgan fingerprint density at radius 1 is 1.06 bits per heavy atom. The summed E-state index contributed by atoms with van der Waals surface area (Å²) in [7, 11) is -3.32. The monoisotopic (exact) mass is 440 g/mol. The molecule has 2 saturated heterocycles. The van der Waals surface area contributed by atoms with Crippen molar-refractivity contribution >= 4 is 28.1 Å². The van der Waals surface area contributed by atoms with Gasteiger partial charge in [-0.3, -0.25) is 4.79 Å². The summed E-state index contributed by atoms with van der Waals surface area (Å²) in [6, 6.07) is 17.8. The number of benzene rings is 2. The molecule has 0 aliphatic carbocycles. The minimum atomic E-state index is -3.32. The molecule has 2 fully saturated rings. The van der Waals surface area contributed by atoms with E-state index < -0.39 is 15.6 Å². The Morgan fingerprint density at radius 3 is 2.16 bits per heavy atom. The van der Waals surface area contributed by atoms with Crippen LogP contribution < -0.4 is 0 Å². The van der Waals surface area contributed by atoms with Gasteiger partial charge in [-0.05, 0) is 16.7 Å². The molecular weight excluding hydrogens is 412 g/mol. The van der Waals surface area contributed by atoms with Crippen LogP contribution in [0.4, 0.5) is 0 Å². The molecule has 2 aliphatic heterocycles. The normalized spacial score (nSPS) is 23.0. The fraction of sp³-hybridized carbons (Fsp3) is 0.375. The Balaban J connectivity index is 1.59. The second kappa shape index (κ2) is 8.22. The summed E-state index contributed by atoms with van der Waals surface area (Å²) in [4.78, 5) is 14.3. The fourth-order valence-electron chi connectivity index (χ4n) is 4.95. The number of carbonyl (C=O) groups is 1. The van der Waals surface area contributed by atoms with Gasteiger partial charge in [0.2, 0.25) is 15.9 Å². The van der Waals surface area contributed by atoms with Gasteiger partial charge in [0, 0.05) is 25.4 Å². The van der Waals surface area contributed by atoms with Crippen molar-refractivity contribution in [3.05, 3.63) is 71.3 Å².